The van der Waals surface area contributed by atoms with Crippen molar-refractivity contribution < 1.29 is 24.4 Å². The van der Waals surface area contributed by atoms with E-state index < -0.39 is 27.5 Å². The molecule has 1 heterocycles. The molecule has 1 N–H and O–H groups in total. The number of aromatic hydroxyl groups is 1. The summed E-state index contributed by atoms with van der Waals surface area (Å²) in [7, 11) is 0. The average molecular weight is 435 g/mol. The fourth-order valence-corrected chi connectivity index (χ4v) is 3.63. The molecule has 0 spiro atoms. The monoisotopic (exact) mass is 434 g/mol. The lowest BCUT2D eigenvalue weighted by atomic mass is 10.1. The zero-order valence-electron chi connectivity index (χ0n) is 15.1. The van der Waals surface area contributed by atoms with Crippen LogP contribution in [0.15, 0.2) is 41.3 Å². The Labute approximate surface area is 174 Å². The van der Waals surface area contributed by atoms with Gasteiger partial charge in [0.2, 0.25) is 5.75 Å². The van der Waals surface area contributed by atoms with E-state index in [0.717, 1.165) is 28.3 Å². The quantitative estimate of drug-likeness (QED) is 0.402. The normalized spacial score (nSPS) is 15.2. The Balaban J connectivity index is 1.90. The molecule has 0 atom stereocenters. The van der Waals surface area contributed by atoms with E-state index in [1.807, 2.05) is 0 Å². The Bertz CT molecular complexity index is 1020. The molecule has 2 amide bonds. The Morgan fingerprint density at radius 3 is 2.59 bits per heavy atom. The van der Waals surface area contributed by atoms with E-state index in [0.29, 0.717) is 5.02 Å². The van der Waals surface area contributed by atoms with Gasteiger partial charge < -0.3 is 9.84 Å². The number of phenolic OH excluding ortho intramolecular Hbond substituents is 1. The summed E-state index contributed by atoms with van der Waals surface area (Å²) < 4.78 is 5.23. The highest BCUT2D eigenvalue weighted by molar-refractivity contribution is 8.18. The highest BCUT2D eigenvalue weighted by Gasteiger charge is 2.35. The standard InChI is InChI=1S/C19H15ClN2O6S/c1-2-28-15-8-12(7-14(17(15)23)22(26)27)9-16-18(24)21(19(25)29-16)10-11-3-5-13(20)6-4-11/h3-9,23H,2,10H2,1H3/b16-9-. The average Bonchev–Trinajstić information content (AvgIpc) is 2.93. The van der Waals surface area contributed by atoms with E-state index in [4.69, 9.17) is 16.3 Å². The number of nitro groups is 1. The van der Waals surface area contributed by atoms with Gasteiger partial charge in [-0.3, -0.25) is 24.6 Å². The fraction of sp³-hybridized carbons (Fsp3) is 0.158. The van der Waals surface area contributed by atoms with Crippen molar-refractivity contribution in [3.05, 3.63) is 67.6 Å². The second kappa shape index (κ2) is 8.54. The van der Waals surface area contributed by atoms with Crippen LogP contribution in [0.3, 0.4) is 0 Å². The summed E-state index contributed by atoms with van der Waals surface area (Å²) in [6.45, 7) is 1.94. The molecule has 3 rings (SSSR count). The number of thioether (sulfide) groups is 1. The second-order valence-corrected chi connectivity index (χ2v) is 7.40. The van der Waals surface area contributed by atoms with Gasteiger partial charge >= 0.3 is 5.69 Å². The van der Waals surface area contributed by atoms with Gasteiger partial charge in [-0.05, 0) is 54.1 Å². The van der Waals surface area contributed by atoms with Crippen molar-refractivity contribution in [3.8, 4) is 11.5 Å². The predicted octanol–water partition coefficient (Wildman–Crippen LogP) is 4.59. The van der Waals surface area contributed by atoms with Crippen LogP contribution in [-0.2, 0) is 11.3 Å². The van der Waals surface area contributed by atoms with Crippen LogP contribution in [0.5, 0.6) is 11.5 Å². The summed E-state index contributed by atoms with van der Waals surface area (Å²) >= 11 is 6.58. The maximum atomic E-state index is 12.7. The SMILES string of the molecule is CCOc1cc(/C=C2\SC(=O)N(Cc3ccc(Cl)cc3)C2=O)cc([N+](=O)[O-])c1O. The van der Waals surface area contributed by atoms with Crippen LogP contribution in [0, 0.1) is 10.1 Å². The molecule has 150 valence electrons. The van der Waals surface area contributed by atoms with Crippen molar-refractivity contribution in [2.75, 3.05) is 6.61 Å². The van der Waals surface area contributed by atoms with Crippen molar-refractivity contribution in [3.63, 3.8) is 0 Å². The smallest absolute Gasteiger partial charge is 0.315 e. The summed E-state index contributed by atoms with van der Waals surface area (Å²) in [5, 5.41) is 21.2. The number of benzene rings is 2. The van der Waals surface area contributed by atoms with Crippen LogP contribution in [0.4, 0.5) is 10.5 Å². The molecule has 1 aliphatic heterocycles. The number of hydrogen-bond donors (Lipinski definition) is 1. The molecule has 29 heavy (non-hydrogen) atoms. The number of ether oxygens (including phenoxy) is 1. The molecule has 0 bridgehead atoms. The molecular weight excluding hydrogens is 420 g/mol. The topological polar surface area (TPSA) is 110 Å². The molecule has 2 aromatic carbocycles. The molecule has 0 radical (unpaired) electrons. The number of carbonyl (C=O) groups is 2. The van der Waals surface area contributed by atoms with E-state index in [2.05, 4.69) is 0 Å². The second-order valence-electron chi connectivity index (χ2n) is 5.97. The van der Waals surface area contributed by atoms with Crippen LogP contribution in [0.25, 0.3) is 6.08 Å². The first-order chi connectivity index (χ1) is 13.8. The molecule has 0 aliphatic carbocycles. The number of halogens is 1. The van der Waals surface area contributed by atoms with Crippen molar-refractivity contribution >= 4 is 46.3 Å². The lowest BCUT2D eigenvalue weighted by Gasteiger charge is -2.12. The molecule has 0 unspecified atom stereocenters. The van der Waals surface area contributed by atoms with Crippen LogP contribution < -0.4 is 4.74 Å². The molecule has 10 heteroatoms. The summed E-state index contributed by atoms with van der Waals surface area (Å²) in [6, 6.07) is 9.25. The van der Waals surface area contributed by atoms with E-state index in [-0.39, 0.29) is 29.4 Å². The highest BCUT2D eigenvalue weighted by atomic mass is 35.5. The van der Waals surface area contributed by atoms with Crippen molar-refractivity contribution in [1.29, 1.82) is 0 Å². The minimum atomic E-state index is -0.749. The third-order valence-corrected chi connectivity index (χ3v) is 5.16. The minimum Gasteiger partial charge on any atom is -0.500 e. The predicted molar refractivity (Wildman–Crippen MR) is 109 cm³/mol. The van der Waals surface area contributed by atoms with Gasteiger partial charge in [-0.2, -0.15) is 0 Å². The first-order valence-electron chi connectivity index (χ1n) is 8.44. The lowest BCUT2D eigenvalue weighted by Crippen LogP contribution is -2.27. The van der Waals surface area contributed by atoms with Crippen LogP contribution in [-0.4, -0.2) is 32.7 Å². The molecule has 2 aromatic rings. The Hall–Kier alpha value is -3.04. The van der Waals surface area contributed by atoms with Crippen LogP contribution >= 0.6 is 23.4 Å². The summed E-state index contributed by atoms with van der Waals surface area (Å²) in [4.78, 5) is 36.6. The van der Waals surface area contributed by atoms with E-state index in [9.17, 15) is 24.8 Å². The van der Waals surface area contributed by atoms with Crippen LogP contribution in [0.1, 0.15) is 18.1 Å². The number of phenols is 1. The van der Waals surface area contributed by atoms with Gasteiger partial charge in [0.1, 0.15) is 0 Å². The van der Waals surface area contributed by atoms with Crippen LogP contribution in [0.2, 0.25) is 5.02 Å². The van der Waals surface area contributed by atoms with Gasteiger partial charge in [-0.25, -0.2) is 0 Å². The minimum absolute atomic E-state index is 0.0756. The van der Waals surface area contributed by atoms with E-state index in [1.165, 1.54) is 12.1 Å². The third kappa shape index (κ3) is 4.52. The first-order valence-corrected chi connectivity index (χ1v) is 9.63. The molecular formula is C19H15ClN2O6S. The van der Waals surface area contributed by atoms with Gasteiger partial charge in [0.15, 0.2) is 5.75 Å². The molecule has 0 aromatic heterocycles. The maximum Gasteiger partial charge on any atom is 0.315 e. The number of rotatable bonds is 6. The number of amides is 2. The van der Waals surface area contributed by atoms with E-state index in [1.54, 1.807) is 31.2 Å². The number of imide groups is 1. The zero-order chi connectivity index (χ0) is 21.1. The Morgan fingerprint density at radius 2 is 1.97 bits per heavy atom. The molecule has 8 nitrogen and oxygen atoms in total. The fourth-order valence-electron chi connectivity index (χ4n) is 2.66. The third-order valence-electron chi connectivity index (χ3n) is 4.00. The van der Waals surface area contributed by atoms with Crippen molar-refractivity contribution in [1.82, 2.24) is 4.90 Å². The Morgan fingerprint density at radius 1 is 1.28 bits per heavy atom. The van der Waals surface area contributed by atoms with Gasteiger partial charge in [-0.15, -0.1) is 0 Å². The molecule has 1 aliphatic rings. The molecule has 0 saturated carbocycles. The number of carbonyl (C=O) groups excluding carboxylic acids is 2. The zero-order valence-corrected chi connectivity index (χ0v) is 16.7. The van der Waals surface area contributed by atoms with Gasteiger partial charge in [0.25, 0.3) is 11.1 Å². The number of hydrogen-bond acceptors (Lipinski definition) is 7. The van der Waals surface area contributed by atoms with Crippen molar-refractivity contribution in [2.45, 2.75) is 13.5 Å². The molecule has 1 fully saturated rings. The lowest BCUT2D eigenvalue weighted by molar-refractivity contribution is -0.386. The van der Waals surface area contributed by atoms with Gasteiger partial charge in [0.05, 0.1) is 23.0 Å². The summed E-state index contributed by atoms with van der Waals surface area (Å²) in [5.41, 5.74) is 0.439. The largest absolute Gasteiger partial charge is 0.500 e. The van der Waals surface area contributed by atoms with Gasteiger partial charge in [-0.1, -0.05) is 23.7 Å². The number of nitro benzene ring substituents is 1. The highest BCUT2D eigenvalue weighted by Crippen LogP contribution is 2.39. The summed E-state index contributed by atoms with van der Waals surface area (Å²) in [5.74, 6) is -1.18. The maximum absolute atomic E-state index is 12.7. The summed E-state index contributed by atoms with van der Waals surface area (Å²) in [6.07, 6.45) is 1.36. The van der Waals surface area contributed by atoms with Crippen molar-refractivity contribution in [2.24, 2.45) is 0 Å². The number of nitrogens with zero attached hydrogens (tertiary/aromatic N) is 2. The molecule has 1 saturated heterocycles. The first kappa shape index (κ1) is 20.7. The van der Waals surface area contributed by atoms with E-state index >= 15 is 0 Å². The Kier molecular flexibility index (Phi) is 6.09. The van der Waals surface area contributed by atoms with Gasteiger partial charge in [0, 0.05) is 11.1 Å².